The van der Waals surface area contributed by atoms with Crippen LogP contribution in [0.5, 0.6) is 17.2 Å². The van der Waals surface area contributed by atoms with Crippen LogP contribution in [0, 0.1) is 0 Å². The maximum atomic E-state index is 13.5. The van der Waals surface area contributed by atoms with E-state index in [1.54, 1.807) is 30.3 Å². The number of nitrogens with one attached hydrogen (secondary N) is 1. The van der Waals surface area contributed by atoms with Crippen LogP contribution in [0.15, 0.2) is 108 Å². The molecule has 0 spiro atoms. The van der Waals surface area contributed by atoms with Crippen molar-refractivity contribution in [2.24, 2.45) is 0 Å². The summed E-state index contributed by atoms with van der Waals surface area (Å²) < 4.78 is 147. The van der Waals surface area contributed by atoms with Crippen LogP contribution in [0.2, 0.25) is 0 Å². The lowest BCUT2D eigenvalue weighted by Crippen LogP contribution is -2.43. The van der Waals surface area contributed by atoms with Crippen molar-refractivity contribution in [3.8, 4) is 17.2 Å². The minimum absolute atomic E-state index is 0.0545. The predicted molar refractivity (Wildman–Crippen MR) is 150 cm³/mol. The Morgan fingerprint density at radius 1 is 0.609 bits per heavy atom. The molecule has 6 nitrogen and oxygen atoms in total. The summed E-state index contributed by atoms with van der Waals surface area (Å²) in [7, 11) is -4.46. The van der Waals surface area contributed by atoms with E-state index in [0.29, 0.717) is 12.5 Å². The molecule has 15 heteroatoms. The predicted octanol–water partition coefficient (Wildman–Crippen LogP) is 7.98. The van der Waals surface area contributed by atoms with Crippen LogP contribution in [0.25, 0.3) is 0 Å². The molecular weight excluding hydrogens is 650 g/mol. The van der Waals surface area contributed by atoms with Crippen molar-refractivity contribution >= 4 is 10.0 Å². The third-order valence-corrected chi connectivity index (χ3v) is 8.00. The molecule has 1 N–H and O–H groups in total. The highest BCUT2D eigenvalue weighted by Crippen LogP contribution is 2.40. The molecule has 4 rings (SSSR count). The van der Waals surface area contributed by atoms with Gasteiger partial charge >= 0.3 is 18.8 Å². The van der Waals surface area contributed by atoms with E-state index in [-0.39, 0.29) is 28.2 Å². The molecule has 0 saturated carbocycles. The Labute approximate surface area is 258 Å². The fraction of sp³-hybridized carbons (Fsp3) is 0.226. The Morgan fingerprint density at radius 3 is 1.57 bits per heavy atom. The van der Waals surface area contributed by atoms with Crippen molar-refractivity contribution in [2.75, 3.05) is 6.54 Å². The molecule has 0 aliphatic carbocycles. The van der Waals surface area contributed by atoms with Gasteiger partial charge in [-0.15, -0.1) is 26.3 Å². The third kappa shape index (κ3) is 9.57. The SMILES string of the molecule is CC(F)(F)Oc1ccc(S(=O)(=O)NCC(Cc2ccccc2)(c2cccc(OC(F)(F)F)c2)c2cccc(OC(F)(F)F)c2)cc1. The zero-order valence-electron chi connectivity index (χ0n) is 23.7. The van der Waals surface area contributed by atoms with Crippen molar-refractivity contribution < 1.29 is 57.8 Å². The van der Waals surface area contributed by atoms with Gasteiger partial charge in [0.2, 0.25) is 10.0 Å². The second kappa shape index (κ2) is 13.2. The highest BCUT2D eigenvalue weighted by atomic mass is 32.2. The van der Waals surface area contributed by atoms with Gasteiger partial charge in [-0.25, -0.2) is 13.1 Å². The quantitative estimate of drug-likeness (QED) is 0.154. The fourth-order valence-corrected chi connectivity index (χ4v) is 5.86. The molecule has 0 bridgehead atoms. The molecule has 4 aromatic rings. The maximum absolute atomic E-state index is 13.5. The van der Waals surface area contributed by atoms with Crippen LogP contribution in [-0.2, 0) is 21.9 Å². The highest BCUT2D eigenvalue weighted by Gasteiger charge is 2.39. The van der Waals surface area contributed by atoms with E-state index in [2.05, 4.69) is 18.9 Å². The van der Waals surface area contributed by atoms with Gasteiger partial charge < -0.3 is 14.2 Å². The summed E-state index contributed by atoms with van der Waals surface area (Å²) in [5.41, 5.74) is -1.01. The standard InChI is InChI=1S/C31H25F8NO5S/c1-28(32,33)43-24-13-15-27(16-14-24)46(41,42)40-20-29(19-21-7-3-2-4-8-21,22-9-5-11-25(17-22)44-30(34,35)36)23-10-6-12-26(18-23)45-31(37,38)39/h2-18,40H,19-20H2,1H3. The molecular formula is C31H25F8NO5S. The first kappa shape index (κ1) is 34.5. The summed E-state index contributed by atoms with van der Waals surface area (Å²) in [5.74, 6) is -1.64. The summed E-state index contributed by atoms with van der Waals surface area (Å²) >= 11 is 0. The van der Waals surface area contributed by atoms with E-state index in [9.17, 15) is 43.5 Å². The Morgan fingerprint density at radius 2 is 1.11 bits per heavy atom. The number of rotatable bonds is 12. The monoisotopic (exact) mass is 675 g/mol. The third-order valence-electron chi connectivity index (χ3n) is 6.58. The number of sulfonamides is 1. The van der Waals surface area contributed by atoms with E-state index in [1.807, 2.05) is 0 Å². The molecule has 0 saturated heterocycles. The van der Waals surface area contributed by atoms with Crippen molar-refractivity contribution in [1.29, 1.82) is 0 Å². The van der Waals surface area contributed by atoms with Gasteiger partial charge in [-0.1, -0.05) is 54.6 Å². The lowest BCUT2D eigenvalue weighted by molar-refractivity contribution is -0.275. The van der Waals surface area contributed by atoms with Gasteiger partial charge in [0.1, 0.15) is 17.2 Å². The highest BCUT2D eigenvalue weighted by molar-refractivity contribution is 7.89. The number of hydrogen-bond donors (Lipinski definition) is 1. The molecule has 46 heavy (non-hydrogen) atoms. The number of benzene rings is 4. The average molecular weight is 676 g/mol. The van der Waals surface area contributed by atoms with Crippen LogP contribution in [0.3, 0.4) is 0 Å². The second-order valence-corrected chi connectivity index (χ2v) is 11.9. The summed E-state index contributed by atoms with van der Waals surface area (Å²) in [6, 6.07) is 21.6. The van der Waals surface area contributed by atoms with Crippen molar-refractivity contribution in [1.82, 2.24) is 4.72 Å². The van der Waals surface area contributed by atoms with Gasteiger partial charge in [0, 0.05) is 18.9 Å². The van der Waals surface area contributed by atoms with Crippen molar-refractivity contribution in [3.05, 3.63) is 120 Å². The number of alkyl halides is 8. The van der Waals surface area contributed by atoms with Crippen LogP contribution < -0.4 is 18.9 Å². The van der Waals surface area contributed by atoms with Gasteiger partial charge in [-0.2, -0.15) is 8.78 Å². The molecule has 0 fully saturated rings. The zero-order chi connectivity index (χ0) is 33.8. The first-order chi connectivity index (χ1) is 21.3. The van der Waals surface area contributed by atoms with Crippen LogP contribution in [-0.4, -0.2) is 33.8 Å². The largest absolute Gasteiger partial charge is 0.573 e. The van der Waals surface area contributed by atoms with E-state index in [1.165, 1.54) is 24.3 Å². The fourth-order valence-electron chi connectivity index (χ4n) is 4.76. The average Bonchev–Trinajstić information content (AvgIpc) is 2.94. The molecule has 0 atom stereocenters. The lowest BCUT2D eigenvalue weighted by atomic mass is 9.70. The van der Waals surface area contributed by atoms with Crippen molar-refractivity contribution in [2.45, 2.75) is 42.5 Å². The minimum atomic E-state index is -5.08. The summed E-state index contributed by atoms with van der Waals surface area (Å²) in [4.78, 5) is -0.379. The van der Waals surface area contributed by atoms with E-state index < -0.39 is 52.3 Å². The van der Waals surface area contributed by atoms with Gasteiger partial charge in [0.15, 0.2) is 0 Å². The topological polar surface area (TPSA) is 73.9 Å². The smallest absolute Gasteiger partial charge is 0.433 e. The van der Waals surface area contributed by atoms with E-state index in [4.69, 9.17) is 0 Å². The molecule has 246 valence electrons. The molecule has 0 amide bonds. The first-order valence-electron chi connectivity index (χ1n) is 13.3. The van der Waals surface area contributed by atoms with Crippen LogP contribution >= 0.6 is 0 Å². The molecule has 0 aliphatic heterocycles. The van der Waals surface area contributed by atoms with Gasteiger partial charge in [-0.3, -0.25) is 0 Å². The normalized spacial score (nSPS) is 12.9. The van der Waals surface area contributed by atoms with Gasteiger partial charge in [-0.05, 0) is 71.6 Å². The molecule has 4 aromatic carbocycles. The molecule has 0 aromatic heterocycles. The Bertz CT molecular complexity index is 1660. The number of hydrogen-bond acceptors (Lipinski definition) is 5. The Hall–Kier alpha value is -4.37. The van der Waals surface area contributed by atoms with Crippen molar-refractivity contribution in [3.63, 3.8) is 0 Å². The van der Waals surface area contributed by atoms with Gasteiger partial charge in [0.05, 0.1) is 4.90 Å². The van der Waals surface area contributed by atoms with Crippen LogP contribution in [0.4, 0.5) is 35.1 Å². The summed E-state index contributed by atoms with van der Waals surface area (Å²) in [5, 5.41) is 0. The zero-order valence-corrected chi connectivity index (χ0v) is 24.5. The maximum Gasteiger partial charge on any atom is 0.573 e. The van der Waals surface area contributed by atoms with E-state index >= 15 is 0 Å². The molecule has 0 aliphatic rings. The second-order valence-electron chi connectivity index (χ2n) is 10.1. The molecule has 0 unspecified atom stereocenters. The Kier molecular flexibility index (Phi) is 9.87. The van der Waals surface area contributed by atoms with Gasteiger partial charge in [0.25, 0.3) is 0 Å². The minimum Gasteiger partial charge on any atom is -0.433 e. The summed E-state index contributed by atoms with van der Waals surface area (Å²) in [6.45, 7) is -0.102. The van der Waals surface area contributed by atoms with Crippen LogP contribution in [0.1, 0.15) is 23.6 Å². The first-order valence-corrected chi connectivity index (χ1v) is 14.8. The van der Waals surface area contributed by atoms with E-state index in [0.717, 1.165) is 48.5 Å². The lowest BCUT2D eigenvalue weighted by Gasteiger charge is -2.36. The number of halogens is 8. The molecule has 0 heterocycles. The number of ether oxygens (including phenoxy) is 3. The molecule has 0 radical (unpaired) electrons. The Balaban J connectivity index is 1.86. The summed E-state index contributed by atoms with van der Waals surface area (Å²) in [6.07, 6.45) is -13.8.